The Bertz CT molecular complexity index is 1450. The Morgan fingerprint density at radius 2 is 1.93 bits per heavy atom. The number of amides is 2. The Labute approximate surface area is 232 Å². The summed E-state index contributed by atoms with van der Waals surface area (Å²) in [5.41, 5.74) is 10.6. The summed E-state index contributed by atoms with van der Waals surface area (Å²) < 4.78 is 11.0. The lowest BCUT2D eigenvalue weighted by Crippen LogP contribution is -2.21. The number of hydrogen-bond acceptors (Lipinski definition) is 9. The predicted octanol–water partition coefficient (Wildman–Crippen LogP) is 3.76. The molecule has 5 N–H and O–H groups in total. The van der Waals surface area contributed by atoms with E-state index >= 15 is 0 Å². The van der Waals surface area contributed by atoms with Gasteiger partial charge in [-0.15, -0.1) is 0 Å². The van der Waals surface area contributed by atoms with Gasteiger partial charge in [-0.1, -0.05) is 6.07 Å². The molecular weight excluding hydrogens is 512 g/mol. The third-order valence-electron chi connectivity index (χ3n) is 6.21. The average Bonchev–Trinajstić information content (AvgIpc) is 3.41. The van der Waals surface area contributed by atoms with Gasteiger partial charge in [0.05, 0.1) is 23.6 Å². The quantitative estimate of drug-likeness (QED) is 0.247. The highest BCUT2D eigenvalue weighted by Gasteiger charge is 2.25. The summed E-state index contributed by atoms with van der Waals surface area (Å²) in [6.07, 6.45) is 3.38. The summed E-state index contributed by atoms with van der Waals surface area (Å²) in [4.78, 5) is 26.6. The number of pyridine rings is 1. The van der Waals surface area contributed by atoms with Crippen LogP contribution in [-0.2, 0) is 11.2 Å². The van der Waals surface area contributed by atoms with Crippen LogP contribution >= 0.6 is 0 Å². The number of nitrogens with two attached hydrogens (primary N) is 1. The lowest BCUT2D eigenvalue weighted by Gasteiger charge is -2.29. The maximum Gasteiger partial charge on any atom is 0.259 e. The number of aromatic nitrogens is 1. The van der Waals surface area contributed by atoms with Gasteiger partial charge in [0.25, 0.3) is 5.91 Å². The number of fused-ring (bicyclic) bond motifs is 2. The third-order valence-corrected chi connectivity index (χ3v) is 6.21. The van der Waals surface area contributed by atoms with Crippen LogP contribution in [0.25, 0.3) is 5.70 Å². The number of benzene rings is 2. The van der Waals surface area contributed by atoms with E-state index in [2.05, 4.69) is 40.1 Å². The van der Waals surface area contributed by atoms with E-state index in [9.17, 15) is 9.59 Å². The van der Waals surface area contributed by atoms with Gasteiger partial charge in [-0.05, 0) is 67.3 Å². The first-order chi connectivity index (χ1) is 19.3. The van der Waals surface area contributed by atoms with Crippen molar-refractivity contribution in [2.75, 3.05) is 35.6 Å². The van der Waals surface area contributed by atoms with Crippen LogP contribution in [-0.4, -0.2) is 48.6 Å². The van der Waals surface area contributed by atoms with E-state index in [1.807, 2.05) is 36.4 Å². The fourth-order valence-corrected chi connectivity index (χ4v) is 4.46. The minimum absolute atomic E-state index is 0.0614. The number of carbonyl (C=O) groups is 2. The van der Waals surface area contributed by atoms with Crippen LogP contribution < -0.4 is 30.8 Å². The second kappa shape index (κ2) is 12.8. The Morgan fingerprint density at radius 1 is 1.15 bits per heavy atom. The van der Waals surface area contributed by atoms with Gasteiger partial charge in [-0.2, -0.15) is 5.10 Å². The molecule has 2 heterocycles. The molecule has 0 fully saturated rings. The van der Waals surface area contributed by atoms with Crippen LogP contribution in [0.15, 0.2) is 65.4 Å². The molecule has 3 aromatic rings. The first-order valence-electron chi connectivity index (χ1n) is 12.7. The number of anilines is 3. The van der Waals surface area contributed by atoms with E-state index in [4.69, 9.17) is 14.6 Å². The van der Waals surface area contributed by atoms with Crippen molar-refractivity contribution in [3.63, 3.8) is 0 Å². The van der Waals surface area contributed by atoms with Crippen LogP contribution in [0.1, 0.15) is 41.8 Å². The first kappa shape index (κ1) is 28.1. The summed E-state index contributed by atoms with van der Waals surface area (Å²) in [7, 11) is 0. The smallest absolute Gasteiger partial charge is 0.259 e. The molecule has 2 amide bonds. The van der Waals surface area contributed by atoms with Gasteiger partial charge in [-0.25, -0.2) is 9.99 Å². The highest BCUT2D eigenvalue weighted by atomic mass is 16.7. The van der Waals surface area contributed by atoms with Gasteiger partial charge in [-0.3, -0.25) is 9.59 Å². The lowest BCUT2D eigenvalue weighted by molar-refractivity contribution is -0.115. The fraction of sp³-hybridized carbons (Fsp3) is 0.241. The number of nitrogens with zero attached hydrogens (tertiary/aromatic N) is 3. The Morgan fingerprint density at radius 3 is 2.67 bits per heavy atom. The van der Waals surface area contributed by atoms with Crippen LogP contribution in [0, 0.1) is 0 Å². The van der Waals surface area contributed by atoms with Crippen molar-refractivity contribution in [1.82, 2.24) is 4.98 Å². The van der Waals surface area contributed by atoms with Crippen LogP contribution in [0.3, 0.4) is 0 Å². The van der Waals surface area contributed by atoms with Gasteiger partial charge < -0.3 is 30.9 Å². The van der Waals surface area contributed by atoms with E-state index in [1.54, 1.807) is 23.3 Å². The van der Waals surface area contributed by atoms with Gasteiger partial charge in [0.1, 0.15) is 5.82 Å². The number of ether oxygens (including phenoxy) is 2. The maximum atomic E-state index is 13.1. The topological polar surface area (TPSA) is 151 Å². The van der Waals surface area contributed by atoms with Crippen molar-refractivity contribution in [1.29, 1.82) is 0 Å². The SMILES string of the molecule is C=NN(C1=C(C)CCc2ccc(NC(=O)c3cccnc3NCCO)cc21)c1ccc2c(c1)OCO2.CC(N)=O. The molecule has 0 saturated heterocycles. The van der Waals surface area contributed by atoms with Gasteiger partial charge in [0, 0.05) is 43.7 Å². The third kappa shape index (κ3) is 6.38. The Balaban J connectivity index is 0.000000867. The number of hydrogen-bond donors (Lipinski definition) is 4. The molecule has 1 aliphatic heterocycles. The highest BCUT2D eigenvalue weighted by Crippen LogP contribution is 2.41. The highest BCUT2D eigenvalue weighted by molar-refractivity contribution is 6.07. The number of nitrogens with one attached hydrogen (secondary N) is 2. The normalized spacial score (nSPS) is 13.0. The number of allylic oxidation sites excluding steroid dienone is 1. The average molecular weight is 545 g/mol. The number of primary amides is 1. The zero-order valence-corrected chi connectivity index (χ0v) is 22.4. The summed E-state index contributed by atoms with van der Waals surface area (Å²) >= 11 is 0. The van der Waals surface area contributed by atoms with Crippen molar-refractivity contribution in [3.05, 3.63) is 77.0 Å². The predicted molar refractivity (Wildman–Crippen MR) is 155 cm³/mol. The van der Waals surface area contributed by atoms with E-state index in [0.29, 0.717) is 35.1 Å². The molecule has 0 spiro atoms. The maximum absolute atomic E-state index is 13.1. The molecule has 208 valence electrons. The molecule has 2 aromatic carbocycles. The van der Waals surface area contributed by atoms with Crippen LogP contribution in [0.2, 0.25) is 0 Å². The molecule has 1 aliphatic carbocycles. The summed E-state index contributed by atoms with van der Waals surface area (Å²) in [6.45, 7) is 7.65. The van der Waals surface area contributed by atoms with E-state index in [1.165, 1.54) is 12.5 Å². The number of rotatable bonds is 8. The van der Waals surface area contributed by atoms with E-state index in [-0.39, 0.29) is 25.2 Å². The molecule has 11 nitrogen and oxygen atoms in total. The number of aliphatic hydroxyl groups is 1. The zero-order valence-electron chi connectivity index (χ0n) is 22.4. The Kier molecular flexibility index (Phi) is 8.97. The first-order valence-corrected chi connectivity index (χ1v) is 12.7. The molecule has 2 aliphatic rings. The fourth-order valence-electron chi connectivity index (χ4n) is 4.46. The monoisotopic (exact) mass is 544 g/mol. The minimum atomic E-state index is -0.333. The number of aryl methyl sites for hydroxylation is 1. The second-order valence-electron chi connectivity index (χ2n) is 9.11. The molecule has 40 heavy (non-hydrogen) atoms. The van der Waals surface area contributed by atoms with Crippen molar-refractivity contribution < 1.29 is 24.2 Å². The van der Waals surface area contributed by atoms with Crippen molar-refractivity contribution in [2.45, 2.75) is 26.7 Å². The lowest BCUT2D eigenvalue weighted by atomic mass is 9.89. The Hall–Kier alpha value is -4.90. The zero-order chi connectivity index (χ0) is 28.6. The summed E-state index contributed by atoms with van der Waals surface area (Å²) in [5, 5.41) is 21.2. The number of hydrazone groups is 1. The number of aliphatic hydroxyl groups excluding tert-OH is 1. The van der Waals surface area contributed by atoms with E-state index < -0.39 is 0 Å². The van der Waals surface area contributed by atoms with Crippen molar-refractivity contribution >= 4 is 41.4 Å². The standard InChI is InChI=1S/C27H27N5O4.C2H5NO/c1-17-5-6-18-7-8-19(31-27(34)21-4-3-11-29-26(21)30-12-13-33)14-22(18)25(17)32(28-2)20-9-10-23-24(15-20)36-16-35-23;1-2(3)4/h3-4,7-11,14-15,33H,2,5-6,12-13,16H2,1H3,(H,29,30)(H,31,34);1H3,(H2,3,4). The largest absolute Gasteiger partial charge is 0.454 e. The van der Waals surface area contributed by atoms with E-state index in [0.717, 1.165) is 35.4 Å². The second-order valence-corrected chi connectivity index (χ2v) is 9.11. The van der Waals surface area contributed by atoms with Crippen LogP contribution in [0.5, 0.6) is 11.5 Å². The van der Waals surface area contributed by atoms with Gasteiger partial charge in [0.15, 0.2) is 11.5 Å². The molecule has 0 radical (unpaired) electrons. The summed E-state index contributed by atoms with van der Waals surface area (Å²) in [5.74, 6) is 1.16. The molecule has 11 heteroatoms. The molecule has 0 saturated carbocycles. The van der Waals surface area contributed by atoms with Crippen LogP contribution in [0.4, 0.5) is 17.2 Å². The summed E-state index contributed by atoms with van der Waals surface area (Å²) in [6, 6.07) is 15.0. The molecule has 5 rings (SSSR count). The number of carbonyl (C=O) groups excluding carboxylic acids is 2. The molecule has 0 atom stereocenters. The molecule has 0 unspecified atom stereocenters. The molecule has 0 bridgehead atoms. The van der Waals surface area contributed by atoms with Crippen molar-refractivity contribution in [2.24, 2.45) is 10.8 Å². The molecule has 1 aromatic heterocycles. The van der Waals surface area contributed by atoms with Gasteiger partial charge in [0.2, 0.25) is 12.7 Å². The minimum Gasteiger partial charge on any atom is -0.454 e. The van der Waals surface area contributed by atoms with Gasteiger partial charge >= 0.3 is 0 Å². The van der Waals surface area contributed by atoms with Crippen molar-refractivity contribution in [3.8, 4) is 11.5 Å². The molecular formula is C29H32N6O5.